The third kappa shape index (κ3) is 3.07. The van der Waals surface area contributed by atoms with E-state index in [1.165, 1.54) is 0 Å². The zero-order chi connectivity index (χ0) is 12.2. The van der Waals surface area contributed by atoms with E-state index in [2.05, 4.69) is 0 Å². The highest BCUT2D eigenvalue weighted by molar-refractivity contribution is 5.93. The Bertz CT molecular complexity index is 350. The maximum absolute atomic E-state index is 11.5. The molecule has 1 rings (SSSR count). The molecule has 0 spiro atoms. The van der Waals surface area contributed by atoms with Gasteiger partial charge in [0.2, 0.25) is 0 Å². The number of esters is 1. The molecule has 0 amide bonds. The minimum atomic E-state index is -0.516. The lowest BCUT2D eigenvalue weighted by molar-refractivity contribution is -0.138. The topological polar surface area (TPSA) is 59.3 Å². The molecule has 1 aliphatic rings. The van der Waals surface area contributed by atoms with Crippen LogP contribution in [0.25, 0.3) is 0 Å². The van der Waals surface area contributed by atoms with Crippen molar-refractivity contribution in [2.75, 3.05) is 13.2 Å². The zero-order valence-electron chi connectivity index (χ0n) is 10.0. The van der Waals surface area contributed by atoms with Gasteiger partial charge in [-0.3, -0.25) is 0 Å². The minimum Gasteiger partial charge on any atom is -0.462 e. The Hall–Kier alpha value is -1.34. The first kappa shape index (κ1) is 12.7. The summed E-state index contributed by atoms with van der Waals surface area (Å²) in [6.45, 7) is 6.47. The number of nitriles is 1. The summed E-state index contributed by atoms with van der Waals surface area (Å²) in [5.74, 6) is -0.516. The number of carbonyl (C=O) groups excluding carboxylic acids is 1. The molecule has 0 aromatic carbocycles. The van der Waals surface area contributed by atoms with Crippen molar-refractivity contribution in [2.45, 2.75) is 39.2 Å². The number of hydrogen-bond donors (Lipinski definition) is 0. The van der Waals surface area contributed by atoms with Crippen LogP contribution in [0, 0.1) is 11.3 Å². The molecule has 0 aromatic heterocycles. The maximum atomic E-state index is 11.5. The van der Waals surface area contributed by atoms with Crippen molar-refractivity contribution in [1.29, 1.82) is 5.26 Å². The van der Waals surface area contributed by atoms with Crippen LogP contribution in [-0.2, 0) is 14.3 Å². The molecule has 88 valence electrons. The van der Waals surface area contributed by atoms with Crippen LogP contribution in [0.15, 0.2) is 11.1 Å². The SMILES string of the molecule is CCOC(=O)C(C#N)=C1CCOC(C)(C)C1. The predicted octanol–water partition coefficient (Wildman–Crippen LogP) is 1.96. The third-order valence-electron chi connectivity index (χ3n) is 2.48. The van der Waals surface area contributed by atoms with E-state index in [9.17, 15) is 4.79 Å². The van der Waals surface area contributed by atoms with E-state index in [1.807, 2.05) is 19.9 Å². The van der Waals surface area contributed by atoms with Crippen LogP contribution in [-0.4, -0.2) is 24.8 Å². The van der Waals surface area contributed by atoms with Crippen LogP contribution in [0.1, 0.15) is 33.6 Å². The first-order valence-corrected chi connectivity index (χ1v) is 5.43. The second-order valence-electron chi connectivity index (χ2n) is 4.35. The molecule has 0 aliphatic carbocycles. The summed E-state index contributed by atoms with van der Waals surface area (Å²) < 4.78 is 10.4. The first-order valence-electron chi connectivity index (χ1n) is 5.43. The van der Waals surface area contributed by atoms with E-state index in [0.717, 1.165) is 5.57 Å². The summed E-state index contributed by atoms with van der Waals surface area (Å²) in [6.07, 6.45) is 1.24. The lowest BCUT2D eigenvalue weighted by atomic mass is 9.90. The smallest absolute Gasteiger partial charge is 0.348 e. The lowest BCUT2D eigenvalue weighted by Crippen LogP contribution is -2.31. The van der Waals surface area contributed by atoms with Crippen molar-refractivity contribution < 1.29 is 14.3 Å². The molecular formula is C12H17NO3. The van der Waals surface area contributed by atoms with Crippen molar-refractivity contribution in [2.24, 2.45) is 0 Å². The van der Waals surface area contributed by atoms with Gasteiger partial charge in [0.1, 0.15) is 11.6 Å². The van der Waals surface area contributed by atoms with Crippen LogP contribution in [0.3, 0.4) is 0 Å². The largest absolute Gasteiger partial charge is 0.462 e. The standard InChI is InChI=1S/C12H17NO3/c1-4-15-11(14)10(8-13)9-5-6-16-12(2,3)7-9/h4-7H2,1-3H3. The molecule has 1 fully saturated rings. The molecule has 0 radical (unpaired) electrons. The number of hydrogen-bond acceptors (Lipinski definition) is 4. The molecular weight excluding hydrogens is 206 g/mol. The number of carbonyl (C=O) groups is 1. The van der Waals surface area contributed by atoms with Gasteiger partial charge in [0, 0.05) is 0 Å². The molecule has 1 aliphatic heterocycles. The van der Waals surface area contributed by atoms with Gasteiger partial charge in [-0.25, -0.2) is 4.79 Å². The third-order valence-corrected chi connectivity index (χ3v) is 2.48. The fourth-order valence-corrected chi connectivity index (χ4v) is 1.79. The second kappa shape index (κ2) is 5.13. The molecule has 1 heterocycles. The normalized spacial score (nSPS) is 22.1. The van der Waals surface area contributed by atoms with Crippen LogP contribution >= 0.6 is 0 Å². The Balaban J connectivity index is 2.92. The van der Waals surface area contributed by atoms with E-state index >= 15 is 0 Å². The highest BCUT2D eigenvalue weighted by Crippen LogP contribution is 2.30. The molecule has 16 heavy (non-hydrogen) atoms. The molecule has 0 bridgehead atoms. The molecule has 1 saturated heterocycles. The van der Waals surface area contributed by atoms with Gasteiger partial charge in [0.25, 0.3) is 0 Å². The lowest BCUT2D eigenvalue weighted by Gasteiger charge is -2.32. The van der Waals surface area contributed by atoms with Gasteiger partial charge in [-0.15, -0.1) is 0 Å². The average molecular weight is 223 g/mol. The first-order chi connectivity index (χ1) is 7.50. The summed E-state index contributed by atoms with van der Waals surface area (Å²) in [4.78, 5) is 11.5. The van der Waals surface area contributed by atoms with E-state index < -0.39 is 5.97 Å². The van der Waals surface area contributed by atoms with Crippen LogP contribution in [0.5, 0.6) is 0 Å². The zero-order valence-corrected chi connectivity index (χ0v) is 10.0. The van der Waals surface area contributed by atoms with E-state index in [0.29, 0.717) is 19.4 Å². The number of ether oxygens (including phenoxy) is 2. The Morgan fingerprint density at radius 3 is 2.81 bits per heavy atom. The van der Waals surface area contributed by atoms with E-state index in [4.69, 9.17) is 14.7 Å². The highest BCUT2D eigenvalue weighted by atomic mass is 16.5. The van der Waals surface area contributed by atoms with Gasteiger partial charge in [0.05, 0.1) is 18.8 Å². The molecule has 0 N–H and O–H groups in total. The van der Waals surface area contributed by atoms with Gasteiger partial charge in [0.15, 0.2) is 0 Å². The monoisotopic (exact) mass is 223 g/mol. The molecule has 0 saturated carbocycles. The molecule has 4 nitrogen and oxygen atoms in total. The van der Waals surface area contributed by atoms with Crippen molar-refractivity contribution in [3.05, 3.63) is 11.1 Å². The van der Waals surface area contributed by atoms with Crippen molar-refractivity contribution in [3.8, 4) is 6.07 Å². The quantitative estimate of drug-likeness (QED) is 0.408. The van der Waals surface area contributed by atoms with Gasteiger partial charge >= 0.3 is 5.97 Å². The minimum absolute atomic E-state index is 0.151. The summed E-state index contributed by atoms with van der Waals surface area (Å²) in [5, 5.41) is 9.00. The summed E-state index contributed by atoms with van der Waals surface area (Å²) >= 11 is 0. The molecule has 0 unspecified atom stereocenters. The van der Waals surface area contributed by atoms with Gasteiger partial charge in [-0.2, -0.15) is 5.26 Å². The number of nitrogens with zero attached hydrogens (tertiary/aromatic N) is 1. The fourth-order valence-electron chi connectivity index (χ4n) is 1.79. The summed E-state index contributed by atoms with van der Waals surface area (Å²) in [5.41, 5.74) is 0.692. The van der Waals surface area contributed by atoms with Crippen LogP contribution in [0.2, 0.25) is 0 Å². The van der Waals surface area contributed by atoms with E-state index in [1.54, 1.807) is 6.92 Å². The Labute approximate surface area is 95.8 Å². The highest BCUT2D eigenvalue weighted by Gasteiger charge is 2.29. The van der Waals surface area contributed by atoms with Crippen molar-refractivity contribution >= 4 is 5.97 Å². The van der Waals surface area contributed by atoms with Crippen molar-refractivity contribution in [1.82, 2.24) is 0 Å². The maximum Gasteiger partial charge on any atom is 0.348 e. The van der Waals surface area contributed by atoms with Gasteiger partial charge in [-0.05, 0) is 39.2 Å². The Morgan fingerprint density at radius 2 is 2.31 bits per heavy atom. The van der Waals surface area contributed by atoms with E-state index in [-0.39, 0.29) is 17.8 Å². The van der Waals surface area contributed by atoms with Gasteiger partial charge < -0.3 is 9.47 Å². The Kier molecular flexibility index (Phi) is 4.08. The second-order valence-corrected chi connectivity index (χ2v) is 4.35. The molecule has 4 heteroatoms. The predicted molar refractivity (Wildman–Crippen MR) is 58.5 cm³/mol. The molecule has 0 atom stereocenters. The fraction of sp³-hybridized carbons (Fsp3) is 0.667. The van der Waals surface area contributed by atoms with Crippen LogP contribution < -0.4 is 0 Å². The summed E-state index contributed by atoms with van der Waals surface area (Å²) in [7, 11) is 0. The summed E-state index contributed by atoms with van der Waals surface area (Å²) in [6, 6.07) is 1.94. The number of rotatable bonds is 2. The Morgan fingerprint density at radius 1 is 1.62 bits per heavy atom. The van der Waals surface area contributed by atoms with Crippen LogP contribution in [0.4, 0.5) is 0 Å². The van der Waals surface area contributed by atoms with Gasteiger partial charge in [-0.1, -0.05) is 0 Å². The molecule has 0 aromatic rings. The average Bonchev–Trinajstić information content (AvgIpc) is 2.17. The van der Waals surface area contributed by atoms with Crippen molar-refractivity contribution in [3.63, 3.8) is 0 Å².